The molecular formula is C12H23NO2. The van der Waals surface area contributed by atoms with Crippen LogP contribution < -0.4 is 0 Å². The minimum absolute atomic E-state index is 0.127. The fraction of sp³-hybridized carbons (Fsp3) is 0.917. The molecule has 1 saturated heterocycles. The lowest BCUT2D eigenvalue weighted by molar-refractivity contribution is -0.130. The van der Waals surface area contributed by atoms with E-state index < -0.39 is 0 Å². The van der Waals surface area contributed by atoms with Crippen LogP contribution in [0.15, 0.2) is 0 Å². The monoisotopic (exact) mass is 213 g/mol. The molecule has 3 heteroatoms. The molecular weight excluding hydrogens is 190 g/mol. The molecule has 0 unspecified atom stereocenters. The Morgan fingerprint density at radius 2 is 1.80 bits per heavy atom. The van der Waals surface area contributed by atoms with Gasteiger partial charge < -0.3 is 4.74 Å². The second-order valence-electron chi connectivity index (χ2n) is 4.58. The third-order valence-electron chi connectivity index (χ3n) is 3.70. The summed E-state index contributed by atoms with van der Waals surface area (Å²) in [5.74, 6) is 0.384. The van der Waals surface area contributed by atoms with E-state index in [0.29, 0.717) is 12.3 Å². The highest BCUT2D eigenvalue weighted by molar-refractivity contribution is 5.86. The van der Waals surface area contributed by atoms with Crippen molar-refractivity contribution in [1.82, 2.24) is 4.90 Å². The topological polar surface area (TPSA) is 29.5 Å². The number of ether oxygens (including phenoxy) is 1. The highest BCUT2D eigenvalue weighted by Gasteiger charge is 2.30. The maximum atomic E-state index is 12.1. The molecule has 0 aromatic carbocycles. The quantitative estimate of drug-likeness (QED) is 0.696. The summed E-state index contributed by atoms with van der Waals surface area (Å²) in [7, 11) is 0. The molecule has 0 radical (unpaired) electrons. The Morgan fingerprint density at radius 3 is 2.27 bits per heavy atom. The molecule has 0 N–H and O–H groups in total. The lowest BCUT2D eigenvalue weighted by Gasteiger charge is -2.31. The Balaban J connectivity index is 2.45. The number of hydrogen-bond donors (Lipinski definition) is 0. The first kappa shape index (κ1) is 12.7. The Bertz CT molecular complexity index is 206. The fourth-order valence-electron chi connectivity index (χ4n) is 1.80. The number of morpholine rings is 1. The summed E-state index contributed by atoms with van der Waals surface area (Å²) in [5.41, 5.74) is -0.127. The number of Topliss-reactive ketones (excluding diaryl/α,β-unsaturated/α-hetero) is 1. The summed E-state index contributed by atoms with van der Waals surface area (Å²) < 4.78 is 5.27. The molecule has 0 amide bonds. The highest BCUT2D eigenvalue weighted by Crippen LogP contribution is 2.26. The van der Waals surface area contributed by atoms with Gasteiger partial charge in [-0.1, -0.05) is 20.8 Å². The minimum atomic E-state index is -0.127. The summed E-state index contributed by atoms with van der Waals surface area (Å²) in [6.07, 6.45) is 1.87. The first-order chi connectivity index (χ1) is 7.12. The SMILES string of the molecule is CCC(C)(CC)C(=O)CN1CCOCC1. The van der Waals surface area contributed by atoms with Crippen molar-refractivity contribution in [3.8, 4) is 0 Å². The van der Waals surface area contributed by atoms with Crippen molar-refractivity contribution >= 4 is 5.78 Å². The third-order valence-corrected chi connectivity index (χ3v) is 3.70. The van der Waals surface area contributed by atoms with Crippen LogP contribution in [0.25, 0.3) is 0 Å². The van der Waals surface area contributed by atoms with Crippen LogP contribution in [-0.4, -0.2) is 43.5 Å². The van der Waals surface area contributed by atoms with Crippen LogP contribution in [0.3, 0.4) is 0 Å². The third kappa shape index (κ3) is 3.28. The van der Waals surface area contributed by atoms with Gasteiger partial charge in [-0.25, -0.2) is 0 Å². The molecule has 1 aliphatic rings. The minimum Gasteiger partial charge on any atom is -0.379 e. The lowest BCUT2D eigenvalue weighted by atomic mass is 9.80. The first-order valence-corrected chi connectivity index (χ1v) is 5.96. The molecule has 0 aromatic heterocycles. The zero-order valence-electron chi connectivity index (χ0n) is 10.2. The number of carbonyl (C=O) groups excluding carboxylic acids is 1. The van der Waals surface area contributed by atoms with Crippen molar-refractivity contribution in [3.63, 3.8) is 0 Å². The average Bonchev–Trinajstić information content (AvgIpc) is 2.29. The van der Waals surface area contributed by atoms with E-state index in [9.17, 15) is 4.79 Å². The predicted octanol–water partition coefficient (Wildman–Crippen LogP) is 1.71. The Kier molecular flexibility index (Phi) is 4.74. The smallest absolute Gasteiger partial charge is 0.152 e. The average molecular weight is 213 g/mol. The van der Waals surface area contributed by atoms with E-state index in [2.05, 4.69) is 25.7 Å². The summed E-state index contributed by atoms with van der Waals surface area (Å²) in [6, 6.07) is 0. The van der Waals surface area contributed by atoms with Crippen molar-refractivity contribution < 1.29 is 9.53 Å². The number of hydrogen-bond acceptors (Lipinski definition) is 3. The van der Waals surface area contributed by atoms with Crippen molar-refractivity contribution in [2.24, 2.45) is 5.41 Å². The van der Waals surface area contributed by atoms with Gasteiger partial charge in [0.15, 0.2) is 5.78 Å². The molecule has 0 aliphatic carbocycles. The standard InChI is InChI=1S/C12H23NO2/c1-4-12(3,5-2)11(14)10-13-6-8-15-9-7-13/h4-10H2,1-3H3. The van der Waals surface area contributed by atoms with E-state index in [-0.39, 0.29) is 5.41 Å². The Labute approximate surface area is 92.8 Å². The van der Waals surface area contributed by atoms with E-state index in [0.717, 1.165) is 39.1 Å². The number of ketones is 1. The molecule has 0 spiro atoms. The molecule has 1 rings (SSSR count). The van der Waals surface area contributed by atoms with Crippen LogP contribution in [-0.2, 0) is 9.53 Å². The van der Waals surface area contributed by atoms with Crippen LogP contribution in [0, 0.1) is 5.41 Å². The van der Waals surface area contributed by atoms with Crippen molar-refractivity contribution in [3.05, 3.63) is 0 Å². The molecule has 15 heavy (non-hydrogen) atoms. The number of carbonyl (C=O) groups is 1. The van der Waals surface area contributed by atoms with Crippen molar-refractivity contribution in [2.75, 3.05) is 32.8 Å². The molecule has 1 fully saturated rings. The van der Waals surface area contributed by atoms with Crippen LogP contribution in [0.4, 0.5) is 0 Å². The van der Waals surface area contributed by atoms with E-state index in [1.165, 1.54) is 0 Å². The normalized spacial score (nSPS) is 19.1. The van der Waals surface area contributed by atoms with Gasteiger partial charge in [0, 0.05) is 18.5 Å². The fourth-order valence-corrected chi connectivity index (χ4v) is 1.80. The van der Waals surface area contributed by atoms with E-state index in [1.807, 2.05) is 0 Å². The van der Waals surface area contributed by atoms with Gasteiger partial charge in [-0.3, -0.25) is 9.69 Å². The van der Waals surface area contributed by atoms with Crippen molar-refractivity contribution in [2.45, 2.75) is 33.6 Å². The summed E-state index contributed by atoms with van der Waals surface area (Å²) in [4.78, 5) is 14.3. The first-order valence-electron chi connectivity index (χ1n) is 5.96. The maximum absolute atomic E-state index is 12.1. The predicted molar refractivity (Wildman–Crippen MR) is 61.0 cm³/mol. The lowest BCUT2D eigenvalue weighted by Crippen LogP contribution is -2.43. The molecule has 0 saturated carbocycles. The van der Waals surface area contributed by atoms with Gasteiger partial charge >= 0.3 is 0 Å². The molecule has 0 bridgehead atoms. The largest absolute Gasteiger partial charge is 0.379 e. The van der Waals surface area contributed by atoms with Gasteiger partial charge in [-0.15, -0.1) is 0 Å². The molecule has 3 nitrogen and oxygen atoms in total. The Hall–Kier alpha value is -0.410. The second kappa shape index (κ2) is 5.61. The zero-order valence-corrected chi connectivity index (χ0v) is 10.2. The van der Waals surface area contributed by atoms with Gasteiger partial charge in [-0.2, -0.15) is 0 Å². The van der Waals surface area contributed by atoms with Crippen molar-refractivity contribution in [1.29, 1.82) is 0 Å². The van der Waals surface area contributed by atoms with Crippen LogP contribution in [0.2, 0.25) is 0 Å². The number of nitrogens with zero attached hydrogens (tertiary/aromatic N) is 1. The molecule has 0 aromatic rings. The van der Waals surface area contributed by atoms with Gasteiger partial charge in [0.2, 0.25) is 0 Å². The zero-order chi connectivity index (χ0) is 11.3. The van der Waals surface area contributed by atoms with Gasteiger partial charge in [-0.05, 0) is 12.8 Å². The van der Waals surface area contributed by atoms with Gasteiger partial charge in [0.25, 0.3) is 0 Å². The highest BCUT2D eigenvalue weighted by atomic mass is 16.5. The van der Waals surface area contributed by atoms with E-state index >= 15 is 0 Å². The van der Waals surface area contributed by atoms with E-state index in [1.54, 1.807) is 0 Å². The number of rotatable bonds is 5. The van der Waals surface area contributed by atoms with Gasteiger partial charge in [0.1, 0.15) is 0 Å². The summed E-state index contributed by atoms with van der Waals surface area (Å²) >= 11 is 0. The molecule has 1 aliphatic heterocycles. The maximum Gasteiger partial charge on any atom is 0.152 e. The van der Waals surface area contributed by atoms with Crippen LogP contribution in [0.1, 0.15) is 33.6 Å². The van der Waals surface area contributed by atoms with Gasteiger partial charge in [0.05, 0.1) is 19.8 Å². The Morgan fingerprint density at radius 1 is 1.27 bits per heavy atom. The van der Waals surface area contributed by atoms with Crippen LogP contribution in [0.5, 0.6) is 0 Å². The van der Waals surface area contributed by atoms with Crippen LogP contribution >= 0.6 is 0 Å². The summed E-state index contributed by atoms with van der Waals surface area (Å²) in [5, 5.41) is 0. The van der Waals surface area contributed by atoms with E-state index in [4.69, 9.17) is 4.74 Å². The molecule has 0 atom stereocenters. The second-order valence-corrected chi connectivity index (χ2v) is 4.58. The molecule has 1 heterocycles. The summed E-state index contributed by atoms with van der Waals surface area (Å²) in [6.45, 7) is 10.2. The molecule has 88 valence electrons.